The number of hydrogen-bond acceptors (Lipinski definition) is 2. The van der Waals surface area contributed by atoms with Crippen LogP contribution in [-0.4, -0.2) is 22.2 Å². The fourth-order valence-electron chi connectivity index (χ4n) is 2.93. The number of hydrogen-bond donors (Lipinski definition) is 1. The summed E-state index contributed by atoms with van der Waals surface area (Å²) in [4.78, 5) is 12.2. The maximum absolute atomic E-state index is 12.2. The maximum Gasteiger partial charge on any atom is 0.269 e. The van der Waals surface area contributed by atoms with Gasteiger partial charge in [0, 0.05) is 30.2 Å². The van der Waals surface area contributed by atoms with Crippen LogP contribution in [0.2, 0.25) is 5.02 Å². The van der Waals surface area contributed by atoms with Crippen LogP contribution in [0.5, 0.6) is 0 Å². The summed E-state index contributed by atoms with van der Waals surface area (Å²) in [7, 11) is 1.77. The molecule has 0 unspecified atom stereocenters. The quantitative estimate of drug-likeness (QED) is 0.944. The van der Waals surface area contributed by atoms with E-state index in [4.69, 9.17) is 11.6 Å². The van der Waals surface area contributed by atoms with Crippen molar-refractivity contribution in [3.8, 4) is 0 Å². The van der Waals surface area contributed by atoms with Crippen molar-refractivity contribution in [1.29, 1.82) is 0 Å². The molecule has 0 saturated heterocycles. The average molecular weight is 304 g/mol. The maximum atomic E-state index is 12.2. The molecule has 2 aromatic rings. The van der Waals surface area contributed by atoms with Crippen LogP contribution in [0.25, 0.3) is 0 Å². The molecule has 1 saturated carbocycles. The number of benzene rings is 1. The highest BCUT2D eigenvalue weighted by Crippen LogP contribution is 2.43. The van der Waals surface area contributed by atoms with E-state index in [1.807, 2.05) is 18.2 Å². The molecule has 0 atom stereocenters. The van der Waals surface area contributed by atoms with Gasteiger partial charge in [-0.05, 0) is 36.6 Å². The largest absolute Gasteiger partial charge is 0.350 e. The van der Waals surface area contributed by atoms with E-state index in [0.29, 0.717) is 12.2 Å². The van der Waals surface area contributed by atoms with Crippen molar-refractivity contribution in [2.24, 2.45) is 7.05 Å². The molecule has 110 valence electrons. The zero-order valence-corrected chi connectivity index (χ0v) is 12.7. The number of carbonyl (C=O) groups excluding carboxylic acids is 1. The molecule has 1 heterocycles. The molecule has 1 aromatic heterocycles. The second-order valence-corrected chi connectivity index (χ2v) is 6.10. The highest BCUT2D eigenvalue weighted by molar-refractivity contribution is 6.30. The van der Waals surface area contributed by atoms with Crippen LogP contribution in [0.3, 0.4) is 0 Å². The third-order valence-corrected chi connectivity index (χ3v) is 4.62. The molecule has 4 nitrogen and oxygen atoms in total. The van der Waals surface area contributed by atoms with Crippen LogP contribution in [0.4, 0.5) is 0 Å². The van der Waals surface area contributed by atoms with Gasteiger partial charge in [-0.2, -0.15) is 5.10 Å². The van der Waals surface area contributed by atoms with Crippen LogP contribution >= 0.6 is 11.6 Å². The predicted molar refractivity (Wildman–Crippen MR) is 82.5 cm³/mol. The summed E-state index contributed by atoms with van der Waals surface area (Å²) >= 11 is 6.10. The van der Waals surface area contributed by atoms with Gasteiger partial charge in [-0.3, -0.25) is 9.48 Å². The van der Waals surface area contributed by atoms with Crippen molar-refractivity contribution in [2.75, 3.05) is 6.54 Å². The summed E-state index contributed by atoms with van der Waals surface area (Å²) in [6, 6.07) is 9.69. The molecule has 1 fully saturated rings. The molecule has 0 radical (unpaired) electrons. The van der Waals surface area contributed by atoms with Crippen LogP contribution in [0, 0.1) is 0 Å². The number of aromatic nitrogens is 2. The van der Waals surface area contributed by atoms with Gasteiger partial charge in [0.15, 0.2) is 0 Å². The number of aryl methyl sites for hydroxylation is 1. The van der Waals surface area contributed by atoms with Gasteiger partial charge in [-0.25, -0.2) is 0 Å². The highest BCUT2D eigenvalue weighted by atomic mass is 35.5. The standard InChI is InChI=1S/C16H18ClN3O/c1-20-14(6-9-19-20)15(21)18-11-16(7-3-8-16)12-4-2-5-13(17)10-12/h2,4-6,9-10H,3,7-8,11H2,1H3,(H,18,21). The first-order valence-corrected chi connectivity index (χ1v) is 7.51. The smallest absolute Gasteiger partial charge is 0.269 e. The average Bonchev–Trinajstić information content (AvgIpc) is 2.84. The lowest BCUT2D eigenvalue weighted by Crippen LogP contribution is -2.45. The molecule has 1 aliphatic rings. The first-order chi connectivity index (χ1) is 10.1. The molecule has 1 amide bonds. The van der Waals surface area contributed by atoms with E-state index < -0.39 is 0 Å². The summed E-state index contributed by atoms with van der Waals surface area (Å²) in [5.74, 6) is -0.0803. The summed E-state index contributed by atoms with van der Waals surface area (Å²) in [6.45, 7) is 0.636. The summed E-state index contributed by atoms with van der Waals surface area (Å²) in [5, 5.41) is 7.82. The van der Waals surface area contributed by atoms with Crippen LogP contribution < -0.4 is 5.32 Å². The number of carbonyl (C=O) groups is 1. The minimum Gasteiger partial charge on any atom is -0.350 e. The first-order valence-electron chi connectivity index (χ1n) is 7.13. The second kappa shape index (κ2) is 5.53. The van der Waals surface area contributed by atoms with E-state index in [2.05, 4.69) is 16.5 Å². The third-order valence-electron chi connectivity index (χ3n) is 4.39. The lowest BCUT2D eigenvalue weighted by atomic mass is 9.64. The Bertz CT molecular complexity index is 661. The Morgan fingerprint density at radius 2 is 2.24 bits per heavy atom. The van der Waals surface area contributed by atoms with Gasteiger partial charge in [-0.1, -0.05) is 30.2 Å². The highest BCUT2D eigenvalue weighted by Gasteiger charge is 2.39. The van der Waals surface area contributed by atoms with Gasteiger partial charge < -0.3 is 5.32 Å². The fourth-order valence-corrected chi connectivity index (χ4v) is 3.12. The van der Waals surface area contributed by atoms with Crippen molar-refractivity contribution in [3.05, 3.63) is 52.8 Å². The molecule has 0 aliphatic heterocycles. The van der Waals surface area contributed by atoms with Crippen molar-refractivity contribution >= 4 is 17.5 Å². The number of amides is 1. The van der Waals surface area contributed by atoms with Gasteiger partial charge in [0.05, 0.1) is 0 Å². The van der Waals surface area contributed by atoms with E-state index in [-0.39, 0.29) is 11.3 Å². The number of halogens is 1. The van der Waals surface area contributed by atoms with Gasteiger partial charge in [-0.15, -0.1) is 0 Å². The SMILES string of the molecule is Cn1nccc1C(=O)NCC1(c2cccc(Cl)c2)CCC1. The summed E-state index contributed by atoms with van der Waals surface area (Å²) in [5.41, 5.74) is 1.82. The normalized spacial score (nSPS) is 16.3. The molecular weight excluding hydrogens is 286 g/mol. The molecular formula is C16H18ClN3O. The zero-order valence-electron chi connectivity index (χ0n) is 12.0. The fraction of sp³-hybridized carbons (Fsp3) is 0.375. The van der Waals surface area contributed by atoms with Gasteiger partial charge in [0.25, 0.3) is 5.91 Å². The summed E-state index contributed by atoms with van der Waals surface area (Å²) < 4.78 is 1.59. The van der Waals surface area contributed by atoms with Gasteiger partial charge >= 0.3 is 0 Å². The van der Waals surface area contributed by atoms with Crippen molar-refractivity contribution in [1.82, 2.24) is 15.1 Å². The van der Waals surface area contributed by atoms with E-state index in [1.54, 1.807) is 24.0 Å². The van der Waals surface area contributed by atoms with Crippen LogP contribution in [-0.2, 0) is 12.5 Å². The Labute approximate surface area is 129 Å². The van der Waals surface area contributed by atoms with Gasteiger partial charge in [0.2, 0.25) is 0 Å². The van der Waals surface area contributed by atoms with Gasteiger partial charge in [0.1, 0.15) is 5.69 Å². The second-order valence-electron chi connectivity index (χ2n) is 5.67. The molecule has 0 spiro atoms. The van der Waals surface area contributed by atoms with Crippen molar-refractivity contribution in [3.63, 3.8) is 0 Å². The Morgan fingerprint density at radius 3 is 2.81 bits per heavy atom. The van der Waals surface area contributed by atoms with Crippen LogP contribution in [0.15, 0.2) is 36.5 Å². The summed E-state index contributed by atoms with van der Waals surface area (Å²) in [6.07, 6.45) is 4.98. The van der Waals surface area contributed by atoms with Crippen LogP contribution in [0.1, 0.15) is 35.3 Å². The van der Waals surface area contributed by atoms with E-state index in [9.17, 15) is 4.79 Å². The predicted octanol–water partition coefficient (Wildman–Crippen LogP) is 2.93. The molecule has 1 aliphatic carbocycles. The Balaban J connectivity index is 1.73. The minimum absolute atomic E-state index is 0.0269. The van der Waals surface area contributed by atoms with Crippen molar-refractivity contribution in [2.45, 2.75) is 24.7 Å². The topological polar surface area (TPSA) is 46.9 Å². The van der Waals surface area contributed by atoms with E-state index in [0.717, 1.165) is 17.9 Å². The van der Waals surface area contributed by atoms with E-state index in [1.165, 1.54) is 12.0 Å². The zero-order chi connectivity index (χ0) is 14.9. The molecule has 1 aromatic carbocycles. The van der Waals surface area contributed by atoms with E-state index >= 15 is 0 Å². The Hall–Kier alpha value is -1.81. The molecule has 21 heavy (non-hydrogen) atoms. The monoisotopic (exact) mass is 303 g/mol. The number of rotatable bonds is 4. The molecule has 3 rings (SSSR count). The molecule has 0 bridgehead atoms. The lowest BCUT2D eigenvalue weighted by Gasteiger charge is -2.42. The lowest BCUT2D eigenvalue weighted by molar-refractivity contribution is 0.0918. The number of nitrogens with one attached hydrogen (secondary N) is 1. The molecule has 1 N–H and O–H groups in total. The first kappa shape index (κ1) is 14.1. The van der Waals surface area contributed by atoms with Crippen molar-refractivity contribution < 1.29 is 4.79 Å². The third kappa shape index (κ3) is 2.68. The number of nitrogens with zero attached hydrogens (tertiary/aromatic N) is 2. The Kier molecular flexibility index (Phi) is 3.72. The minimum atomic E-state index is -0.0803. The molecule has 5 heteroatoms. The Morgan fingerprint density at radius 1 is 1.43 bits per heavy atom.